The van der Waals surface area contributed by atoms with Crippen molar-refractivity contribution in [2.24, 2.45) is 0 Å². The van der Waals surface area contributed by atoms with Crippen molar-refractivity contribution in [2.75, 3.05) is 6.54 Å². The molecule has 0 radical (unpaired) electrons. The third-order valence-electron chi connectivity index (χ3n) is 3.04. The Morgan fingerprint density at radius 2 is 1.61 bits per heavy atom. The maximum absolute atomic E-state index is 13.4. The summed E-state index contributed by atoms with van der Waals surface area (Å²) in [5.41, 5.74) is 0.0850. The first-order chi connectivity index (χ1) is 11.0. The summed E-state index contributed by atoms with van der Waals surface area (Å²) in [5.74, 6) is -3.50. The zero-order chi connectivity index (χ0) is 16.8. The Kier molecular flexibility index (Phi) is 5.51. The molecular weight excluding hydrogens is 310 g/mol. The number of halogens is 4. The number of benzene rings is 2. The molecule has 2 aromatic rings. The number of nitrogens with one attached hydrogen (secondary N) is 1. The van der Waals surface area contributed by atoms with E-state index in [0.717, 1.165) is 30.4 Å². The minimum Gasteiger partial charge on any atom is -0.352 e. The first-order valence-electron chi connectivity index (χ1n) is 6.80. The quantitative estimate of drug-likeness (QED) is 0.661. The number of hydrogen-bond donors (Lipinski definition) is 1. The molecule has 0 aliphatic heterocycles. The van der Waals surface area contributed by atoms with Crippen molar-refractivity contribution >= 4 is 12.0 Å². The molecule has 6 heteroatoms. The predicted molar refractivity (Wildman–Crippen MR) is 78.5 cm³/mol. The fraction of sp³-hybridized carbons (Fsp3) is 0.118. The molecule has 0 saturated heterocycles. The van der Waals surface area contributed by atoms with E-state index in [-0.39, 0.29) is 18.5 Å². The van der Waals surface area contributed by atoms with Gasteiger partial charge in [0.25, 0.3) is 0 Å². The SMILES string of the molecule is O=C(/C=C/c1c(F)cccc1F)NCCc1cc(F)cc(F)c1. The highest BCUT2D eigenvalue weighted by molar-refractivity contribution is 5.91. The van der Waals surface area contributed by atoms with E-state index in [1.165, 1.54) is 18.2 Å². The fourth-order valence-electron chi connectivity index (χ4n) is 1.97. The van der Waals surface area contributed by atoms with Gasteiger partial charge in [-0.05, 0) is 42.3 Å². The van der Waals surface area contributed by atoms with Crippen LogP contribution >= 0.6 is 0 Å². The van der Waals surface area contributed by atoms with Crippen molar-refractivity contribution in [3.05, 3.63) is 76.9 Å². The third-order valence-corrected chi connectivity index (χ3v) is 3.04. The number of hydrogen-bond acceptors (Lipinski definition) is 1. The lowest BCUT2D eigenvalue weighted by atomic mass is 10.1. The van der Waals surface area contributed by atoms with Gasteiger partial charge in [-0.3, -0.25) is 4.79 Å². The topological polar surface area (TPSA) is 29.1 Å². The van der Waals surface area contributed by atoms with Crippen LogP contribution in [0.1, 0.15) is 11.1 Å². The molecule has 23 heavy (non-hydrogen) atoms. The zero-order valence-corrected chi connectivity index (χ0v) is 12.0. The van der Waals surface area contributed by atoms with Crippen molar-refractivity contribution in [1.82, 2.24) is 5.32 Å². The van der Waals surface area contributed by atoms with E-state index >= 15 is 0 Å². The van der Waals surface area contributed by atoms with Gasteiger partial charge in [0, 0.05) is 24.3 Å². The van der Waals surface area contributed by atoms with Crippen molar-refractivity contribution in [3.63, 3.8) is 0 Å². The van der Waals surface area contributed by atoms with Crippen LogP contribution in [0.3, 0.4) is 0 Å². The number of carbonyl (C=O) groups excluding carboxylic acids is 1. The smallest absolute Gasteiger partial charge is 0.244 e. The molecule has 0 spiro atoms. The predicted octanol–water partition coefficient (Wildman–Crippen LogP) is 3.62. The molecular formula is C17H13F4NO. The number of carbonyl (C=O) groups is 1. The summed E-state index contributed by atoms with van der Waals surface area (Å²) < 4.78 is 52.7. The van der Waals surface area contributed by atoms with Gasteiger partial charge in [-0.1, -0.05) is 6.07 Å². The molecule has 0 aromatic heterocycles. The lowest BCUT2D eigenvalue weighted by Crippen LogP contribution is -2.23. The lowest BCUT2D eigenvalue weighted by Gasteiger charge is -2.04. The zero-order valence-electron chi connectivity index (χ0n) is 12.0. The Bertz CT molecular complexity index is 703. The molecule has 0 bridgehead atoms. The highest BCUT2D eigenvalue weighted by Gasteiger charge is 2.05. The Morgan fingerprint density at radius 1 is 1.00 bits per heavy atom. The summed E-state index contributed by atoms with van der Waals surface area (Å²) in [6.07, 6.45) is 2.25. The molecule has 2 nitrogen and oxygen atoms in total. The Balaban J connectivity index is 1.89. The summed E-state index contributed by atoms with van der Waals surface area (Å²) in [6, 6.07) is 6.48. The van der Waals surface area contributed by atoms with Crippen LogP contribution in [-0.4, -0.2) is 12.5 Å². The second kappa shape index (κ2) is 7.58. The van der Waals surface area contributed by atoms with Crippen LogP contribution in [0.4, 0.5) is 17.6 Å². The maximum Gasteiger partial charge on any atom is 0.244 e. The fourth-order valence-corrected chi connectivity index (χ4v) is 1.97. The molecule has 2 aromatic carbocycles. The molecule has 1 amide bonds. The maximum atomic E-state index is 13.4. The van der Waals surface area contributed by atoms with Gasteiger partial charge in [-0.25, -0.2) is 17.6 Å². The minimum atomic E-state index is -0.774. The summed E-state index contributed by atoms with van der Waals surface area (Å²) in [5, 5.41) is 2.46. The monoisotopic (exact) mass is 323 g/mol. The van der Waals surface area contributed by atoms with E-state index in [1.807, 2.05) is 0 Å². The van der Waals surface area contributed by atoms with Crippen molar-refractivity contribution in [2.45, 2.75) is 6.42 Å². The van der Waals surface area contributed by atoms with Crippen LogP contribution in [0.5, 0.6) is 0 Å². The van der Waals surface area contributed by atoms with Gasteiger partial charge in [0.2, 0.25) is 5.91 Å². The van der Waals surface area contributed by atoms with Crippen LogP contribution in [0.25, 0.3) is 6.08 Å². The van der Waals surface area contributed by atoms with Crippen LogP contribution < -0.4 is 5.32 Å². The summed E-state index contributed by atoms with van der Waals surface area (Å²) in [4.78, 5) is 11.6. The highest BCUT2D eigenvalue weighted by atomic mass is 19.1. The van der Waals surface area contributed by atoms with Crippen molar-refractivity contribution < 1.29 is 22.4 Å². The molecule has 0 aliphatic rings. The largest absolute Gasteiger partial charge is 0.352 e. The van der Waals surface area contributed by atoms with Crippen LogP contribution in [-0.2, 0) is 11.2 Å². The molecule has 0 atom stereocenters. The minimum absolute atomic E-state index is 0.131. The summed E-state index contributed by atoms with van der Waals surface area (Å²) in [7, 11) is 0. The number of rotatable bonds is 5. The van der Waals surface area contributed by atoms with Crippen molar-refractivity contribution in [1.29, 1.82) is 0 Å². The van der Waals surface area contributed by atoms with E-state index in [0.29, 0.717) is 5.56 Å². The molecule has 0 heterocycles. The van der Waals surface area contributed by atoms with E-state index in [1.54, 1.807) is 0 Å². The van der Waals surface area contributed by atoms with Gasteiger partial charge < -0.3 is 5.32 Å². The molecule has 2 rings (SSSR count). The van der Waals surface area contributed by atoms with Gasteiger partial charge in [0.1, 0.15) is 23.3 Å². The first-order valence-corrected chi connectivity index (χ1v) is 6.80. The normalized spacial score (nSPS) is 11.0. The average Bonchev–Trinajstić information content (AvgIpc) is 2.45. The van der Waals surface area contributed by atoms with Crippen LogP contribution in [0, 0.1) is 23.3 Å². The summed E-state index contributed by atoms with van der Waals surface area (Å²) >= 11 is 0. The van der Waals surface area contributed by atoms with Gasteiger partial charge in [-0.2, -0.15) is 0 Å². The second-order valence-electron chi connectivity index (χ2n) is 4.79. The van der Waals surface area contributed by atoms with Crippen molar-refractivity contribution in [3.8, 4) is 0 Å². The third kappa shape index (κ3) is 4.95. The Hall–Kier alpha value is -2.63. The first kappa shape index (κ1) is 16.7. The average molecular weight is 323 g/mol. The molecule has 0 saturated carbocycles. The van der Waals surface area contributed by atoms with E-state index in [9.17, 15) is 22.4 Å². The lowest BCUT2D eigenvalue weighted by molar-refractivity contribution is -0.116. The standard InChI is InChI=1S/C17H13F4NO/c18-12-8-11(9-13(19)10-12)6-7-22-17(23)5-4-14-15(20)2-1-3-16(14)21/h1-5,8-10H,6-7H2,(H,22,23)/b5-4+. The van der Waals surface area contributed by atoms with Gasteiger partial charge >= 0.3 is 0 Å². The highest BCUT2D eigenvalue weighted by Crippen LogP contribution is 2.13. The molecule has 0 aliphatic carbocycles. The molecule has 1 N–H and O–H groups in total. The van der Waals surface area contributed by atoms with Crippen LogP contribution in [0.2, 0.25) is 0 Å². The van der Waals surface area contributed by atoms with E-state index in [4.69, 9.17) is 0 Å². The Labute approximate surface area is 130 Å². The van der Waals surface area contributed by atoms with E-state index in [2.05, 4.69) is 5.32 Å². The molecule has 0 unspecified atom stereocenters. The van der Waals surface area contributed by atoms with Gasteiger partial charge in [0.05, 0.1) is 0 Å². The van der Waals surface area contributed by atoms with Crippen LogP contribution in [0.15, 0.2) is 42.5 Å². The Morgan fingerprint density at radius 3 is 2.22 bits per heavy atom. The summed E-state index contributed by atoms with van der Waals surface area (Å²) in [6.45, 7) is 0.131. The second-order valence-corrected chi connectivity index (χ2v) is 4.79. The van der Waals surface area contributed by atoms with E-state index < -0.39 is 29.2 Å². The van der Waals surface area contributed by atoms with Gasteiger partial charge in [-0.15, -0.1) is 0 Å². The molecule has 0 fully saturated rings. The number of amides is 1. The molecule has 120 valence electrons. The van der Waals surface area contributed by atoms with Gasteiger partial charge in [0.15, 0.2) is 0 Å².